The van der Waals surface area contributed by atoms with Crippen LogP contribution in [0.1, 0.15) is 32.3 Å². The maximum absolute atomic E-state index is 11.3. The van der Waals surface area contributed by atoms with Crippen LogP contribution in [0.4, 0.5) is 10.5 Å². The number of hydrogen-bond acceptors (Lipinski definition) is 3. The van der Waals surface area contributed by atoms with Crippen molar-refractivity contribution in [3.8, 4) is 0 Å². The zero-order chi connectivity index (χ0) is 14.4. The number of nitrogens with one attached hydrogen (secondary N) is 1. The number of benzene rings is 1. The summed E-state index contributed by atoms with van der Waals surface area (Å²) in [5, 5.41) is 2.70. The molecule has 1 aliphatic heterocycles. The van der Waals surface area contributed by atoms with Crippen molar-refractivity contribution in [2.45, 2.75) is 33.2 Å². The van der Waals surface area contributed by atoms with Crippen molar-refractivity contribution in [1.29, 1.82) is 0 Å². The van der Waals surface area contributed by atoms with Gasteiger partial charge in [-0.1, -0.05) is 19.1 Å². The Bertz CT molecular complexity index is 423. The molecule has 0 spiro atoms. The van der Waals surface area contributed by atoms with Crippen molar-refractivity contribution < 1.29 is 9.53 Å². The predicted octanol–water partition coefficient (Wildman–Crippen LogP) is 3.49. The Balaban J connectivity index is 1.83. The number of carbonyl (C=O) groups is 1. The van der Waals surface area contributed by atoms with Crippen LogP contribution in [0.15, 0.2) is 24.3 Å². The van der Waals surface area contributed by atoms with E-state index in [2.05, 4.69) is 29.3 Å². The second kappa shape index (κ2) is 7.29. The van der Waals surface area contributed by atoms with Gasteiger partial charge < -0.3 is 4.74 Å². The molecule has 2 rings (SSSR count). The first-order valence-corrected chi connectivity index (χ1v) is 7.42. The van der Waals surface area contributed by atoms with Crippen molar-refractivity contribution in [2.24, 2.45) is 5.92 Å². The Kier molecular flexibility index (Phi) is 5.41. The topological polar surface area (TPSA) is 41.6 Å². The second-order valence-corrected chi connectivity index (χ2v) is 5.50. The summed E-state index contributed by atoms with van der Waals surface area (Å²) in [4.78, 5) is 13.8. The number of carbonyl (C=O) groups excluding carboxylic acids is 1. The third-order valence-corrected chi connectivity index (χ3v) is 3.76. The Hall–Kier alpha value is -1.55. The van der Waals surface area contributed by atoms with E-state index < -0.39 is 6.09 Å². The first kappa shape index (κ1) is 14.9. The highest BCUT2D eigenvalue weighted by atomic mass is 16.5. The lowest BCUT2D eigenvalue weighted by atomic mass is 9.99. The van der Waals surface area contributed by atoms with Crippen LogP contribution in [-0.4, -0.2) is 30.7 Å². The highest BCUT2D eigenvalue weighted by Gasteiger charge is 2.15. The highest BCUT2D eigenvalue weighted by molar-refractivity contribution is 5.84. The number of nitrogens with zero attached hydrogens (tertiary/aromatic N) is 1. The number of likely N-dealkylation sites (tertiary alicyclic amines) is 1. The molecule has 1 fully saturated rings. The lowest BCUT2D eigenvalue weighted by Gasteiger charge is -2.30. The zero-order valence-electron chi connectivity index (χ0n) is 12.4. The summed E-state index contributed by atoms with van der Waals surface area (Å²) in [6, 6.07) is 8.00. The monoisotopic (exact) mass is 276 g/mol. The van der Waals surface area contributed by atoms with E-state index in [0.717, 1.165) is 18.2 Å². The normalized spacial score (nSPS) is 16.9. The Labute approximate surface area is 121 Å². The molecule has 1 heterocycles. The second-order valence-electron chi connectivity index (χ2n) is 5.50. The third-order valence-electron chi connectivity index (χ3n) is 3.76. The predicted molar refractivity (Wildman–Crippen MR) is 80.8 cm³/mol. The largest absolute Gasteiger partial charge is 0.450 e. The van der Waals surface area contributed by atoms with E-state index in [0.29, 0.717) is 6.61 Å². The minimum absolute atomic E-state index is 0.386. The van der Waals surface area contributed by atoms with E-state index >= 15 is 0 Å². The summed E-state index contributed by atoms with van der Waals surface area (Å²) in [7, 11) is 0. The van der Waals surface area contributed by atoms with Crippen LogP contribution in [0.25, 0.3) is 0 Å². The van der Waals surface area contributed by atoms with Crippen LogP contribution in [-0.2, 0) is 11.3 Å². The molecule has 1 aromatic carbocycles. The van der Waals surface area contributed by atoms with E-state index in [1.807, 2.05) is 12.1 Å². The fraction of sp³-hybridized carbons (Fsp3) is 0.562. The molecule has 1 saturated heterocycles. The van der Waals surface area contributed by atoms with Gasteiger partial charge in [0.25, 0.3) is 0 Å². The van der Waals surface area contributed by atoms with Gasteiger partial charge in [0.15, 0.2) is 0 Å². The molecule has 0 radical (unpaired) electrons. The number of piperidine rings is 1. The minimum Gasteiger partial charge on any atom is -0.450 e. The average Bonchev–Trinajstić information content (AvgIpc) is 2.44. The molecule has 0 unspecified atom stereocenters. The molecule has 0 bridgehead atoms. The third kappa shape index (κ3) is 4.53. The van der Waals surface area contributed by atoms with Crippen LogP contribution >= 0.6 is 0 Å². The van der Waals surface area contributed by atoms with Crippen molar-refractivity contribution in [1.82, 2.24) is 4.90 Å². The van der Waals surface area contributed by atoms with Crippen molar-refractivity contribution >= 4 is 11.8 Å². The number of amides is 1. The van der Waals surface area contributed by atoms with E-state index in [1.165, 1.54) is 31.5 Å². The Morgan fingerprint density at radius 2 is 1.95 bits per heavy atom. The summed E-state index contributed by atoms with van der Waals surface area (Å²) in [5.41, 5.74) is 2.06. The van der Waals surface area contributed by atoms with Gasteiger partial charge in [-0.2, -0.15) is 0 Å². The summed E-state index contributed by atoms with van der Waals surface area (Å²) in [5.74, 6) is 0.863. The molecule has 1 aliphatic rings. The first-order valence-electron chi connectivity index (χ1n) is 7.42. The number of ether oxygens (including phenoxy) is 1. The van der Waals surface area contributed by atoms with Gasteiger partial charge in [-0.15, -0.1) is 0 Å². The van der Waals surface area contributed by atoms with Gasteiger partial charge in [-0.25, -0.2) is 4.79 Å². The number of anilines is 1. The van der Waals surface area contributed by atoms with Crippen LogP contribution in [0, 0.1) is 5.92 Å². The molecule has 0 atom stereocenters. The first-order chi connectivity index (χ1) is 9.67. The molecule has 1 N–H and O–H groups in total. The summed E-state index contributed by atoms with van der Waals surface area (Å²) in [6.45, 7) is 7.87. The van der Waals surface area contributed by atoms with Crippen LogP contribution in [0.5, 0.6) is 0 Å². The minimum atomic E-state index is -0.398. The molecule has 1 amide bonds. The molecular weight excluding hydrogens is 252 g/mol. The quantitative estimate of drug-likeness (QED) is 0.915. The molecule has 4 heteroatoms. The summed E-state index contributed by atoms with van der Waals surface area (Å²) < 4.78 is 4.85. The fourth-order valence-electron chi connectivity index (χ4n) is 2.46. The standard InChI is InChI=1S/C16H24N2O2/c1-3-20-16(19)17-15-6-4-14(5-7-15)12-18-10-8-13(2)9-11-18/h4-7,13H,3,8-12H2,1-2H3,(H,17,19). The van der Waals surface area contributed by atoms with Gasteiger partial charge in [-0.3, -0.25) is 10.2 Å². The lowest BCUT2D eigenvalue weighted by Crippen LogP contribution is -2.32. The lowest BCUT2D eigenvalue weighted by molar-refractivity contribution is 0.168. The van der Waals surface area contributed by atoms with E-state index in [-0.39, 0.29) is 0 Å². The number of hydrogen-bond donors (Lipinski definition) is 1. The smallest absolute Gasteiger partial charge is 0.411 e. The Morgan fingerprint density at radius 3 is 2.55 bits per heavy atom. The molecule has 0 saturated carbocycles. The zero-order valence-corrected chi connectivity index (χ0v) is 12.4. The Morgan fingerprint density at radius 1 is 1.30 bits per heavy atom. The summed E-state index contributed by atoms with van der Waals surface area (Å²) >= 11 is 0. The van der Waals surface area contributed by atoms with Crippen LogP contribution in [0.3, 0.4) is 0 Å². The number of rotatable bonds is 4. The molecule has 110 valence electrons. The average molecular weight is 276 g/mol. The van der Waals surface area contributed by atoms with Crippen LogP contribution < -0.4 is 5.32 Å². The molecule has 20 heavy (non-hydrogen) atoms. The van der Waals surface area contributed by atoms with Crippen LogP contribution in [0.2, 0.25) is 0 Å². The fourth-order valence-corrected chi connectivity index (χ4v) is 2.46. The summed E-state index contributed by atoms with van der Waals surface area (Å²) in [6.07, 6.45) is 2.19. The van der Waals surface area contributed by atoms with Crippen molar-refractivity contribution in [3.63, 3.8) is 0 Å². The van der Waals surface area contributed by atoms with Crippen molar-refractivity contribution in [2.75, 3.05) is 25.0 Å². The van der Waals surface area contributed by atoms with E-state index in [4.69, 9.17) is 4.74 Å². The molecule has 0 aromatic heterocycles. The molecule has 1 aromatic rings. The van der Waals surface area contributed by atoms with E-state index in [1.54, 1.807) is 6.92 Å². The van der Waals surface area contributed by atoms with Gasteiger partial charge in [0.2, 0.25) is 0 Å². The van der Waals surface area contributed by atoms with Gasteiger partial charge in [0.1, 0.15) is 0 Å². The maximum Gasteiger partial charge on any atom is 0.411 e. The SMILES string of the molecule is CCOC(=O)Nc1ccc(CN2CCC(C)CC2)cc1. The molecule has 0 aliphatic carbocycles. The van der Waals surface area contributed by atoms with Crippen molar-refractivity contribution in [3.05, 3.63) is 29.8 Å². The maximum atomic E-state index is 11.3. The van der Waals surface area contributed by atoms with E-state index in [9.17, 15) is 4.79 Å². The molecular formula is C16H24N2O2. The molecule has 4 nitrogen and oxygen atoms in total. The van der Waals surface area contributed by atoms with Gasteiger partial charge >= 0.3 is 6.09 Å². The van der Waals surface area contributed by atoms with Gasteiger partial charge in [0.05, 0.1) is 6.61 Å². The van der Waals surface area contributed by atoms with Gasteiger partial charge in [-0.05, 0) is 56.5 Å². The highest BCUT2D eigenvalue weighted by Crippen LogP contribution is 2.19. The van der Waals surface area contributed by atoms with Gasteiger partial charge in [0, 0.05) is 12.2 Å².